The standard InChI is InChI=1S/C17H21N3/c1-5-20-11-16(14-8-12(14)10-19(3)4)15-9-13(18-2)6-7-17(15)20/h6-7,9,11-12,14H,5,8,10H2,1,3-4H3/t12-,14+/m1/s1. The van der Waals surface area contributed by atoms with Crippen molar-refractivity contribution in [3.8, 4) is 0 Å². The summed E-state index contributed by atoms with van der Waals surface area (Å²) >= 11 is 0. The minimum atomic E-state index is 0.675. The van der Waals surface area contributed by atoms with E-state index in [1.54, 1.807) is 0 Å². The fourth-order valence-corrected chi connectivity index (χ4v) is 3.24. The molecule has 104 valence electrons. The van der Waals surface area contributed by atoms with E-state index < -0.39 is 0 Å². The van der Waals surface area contributed by atoms with Crippen molar-refractivity contribution in [3.05, 3.63) is 41.4 Å². The van der Waals surface area contributed by atoms with Crippen molar-refractivity contribution in [3.63, 3.8) is 0 Å². The summed E-state index contributed by atoms with van der Waals surface area (Å²) in [5.74, 6) is 1.45. The number of benzene rings is 1. The highest BCUT2D eigenvalue weighted by molar-refractivity contribution is 5.88. The summed E-state index contributed by atoms with van der Waals surface area (Å²) < 4.78 is 2.31. The van der Waals surface area contributed by atoms with Crippen LogP contribution in [0, 0.1) is 12.5 Å². The van der Waals surface area contributed by atoms with Gasteiger partial charge in [-0.2, -0.15) is 0 Å². The van der Waals surface area contributed by atoms with E-state index in [0.717, 1.165) is 24.7 Å². The van der Waals surface area contributed by atoms with E-state index in [1.807, 2.05) is 6.07 Å². The van der Waals surface area contributed by atoms with Gasteiger partial charge in [0.2, 0.25) is 0 Å². The van der Waals surface area contributed by atoms with Gasteiger partial charge in [-0.1, -0.05) is 6.07 Å². The summed E-state index contributed by atoms with van der Waals surface area (Å²) in [5, 5.41) is 1.28. The summed E-state index contributed by atoms with van der Waals surface area (Å²) in [4.78, 5) is 5.85. The molecule has 0 amide bonds. The number of aryl methyl sites for hydroxylation is 1. The molecule has 0 aliphatic heterocycles. The normalized spacial score (nSPS) is 21.4. The van der Waals surface area contributed by atoms with Gasteiger partial charge in [0.25, 0.3) is 0 Å². The van der Waals surface area contributed by atoms with E-state index in [9.17, 15) is 0 Å². The predicted molar refractivity (Wildman–Crippen MR) is 83.3 cm³/mol. The molecular weight excluding hydrogens is 246 g/mol. The van der Waals surface area contributed by atoms with Crippen LogP contribution in [0.4, 0.5) is 5.69 Å². The molecule has 0 unspecified atom stereocenters. The fourth-order valence-electron chi connectivity index (χ4n) is 3.24. The van der Waals surface area contributed by atoms with E-state index >= 15 is 0 Å². The molecule has 20 heavy (non-hydrogen) atoms. The molecule has 3 rings (SSSR count). The smallest absolute Gasteiger partial charge is 0.187 e. The number of hydrogen-bond acceptors (Lipinski definition) is 1. The second kappa shape index (κ2) is 4.96. The van der Waals surface area contributed by atoms with Gasteiger partial charge in [-0.15, -0.1) is 0 Å². The van der Waals surface area contributed by atoms with Crippen LogP contribution in [0.5, 0.6) is 0 Å². The lowest BCUT2D eigenvalue weighted by atomic mass is 10.1. The van der Waals surface area contributed by atoms with E-state index in [2.05, 4.69) is 53.7 Å². The van der Waals surface area contributed by atoms with Crippen LogP contribution in [0.15, 0.2) is 24.4 Å². The third kappa shape index (κ3) is 2.21. The Hall–Kier alpha value is -1.79. The maximum Gasteiger partial charge on any atom is 0.187 e. The molecule has 2 aromatic rings. The van der Waals surface area contributed by atoms with Crippen molar-refractivity contribution in [2.45, 2.75) is 25.8 Å². The number of hydrogen-bond donors (Lipinski definition) is 0. The van der Waals surface area contributed by atoms with Gasteiger partial charge in [0.15, 0.2) is 5.69 Å². The molecule has 0 spiro atoms. The molecule has 1 saturated carbocycles. The van der Waals surface area contributed by atoms with Crippen LogP contribution in [-0.4, -0.2) is 30.1 Å². The van der Waals surface area contributed by atoms with Crippen molar-refractivity contribution in [2.75, 3.05) is 20.6 Å². The first kappa shape index (κ1) is 13.2. The van der Waals surface area contributed by atoms with Crippen molar-refractivity contribution in [1.82, 2.24) is 9.47 Å². The Morgan fingerprint density at radius 1 is 1.40 bits per heavy atom. The number of fused-ring (bicyclic) bond motifs is 1. The molecule has 1 aromatic heterocycles. The minimum absolute atomic E-state index is 0.675. The van der Waals surface area contributed by atoms with Crippen LogP contribution >= 0.6 is 0 Å². The predicted octanol–water partition coefficient (Wildman–Crippen LogP) is 3.88. The monoisotopic (exact) mass is 267 g/mol. The summed E-state index contributed by atoms with van der Waals surface area (Å²) in [6.45, 7) is 11.5. The largest absolute Gasteiger partial charge is 0.348 e. The lowest BCUT2D eigenvalue weighted by Gasteiger charge is -2.08. The summed E-state index contributed by atoms with van der Waals surface area (Å²) in [6.07, 6.45) is 3.59. The van der Waals surface area contributed by atoms with Crippen molar-refractivity contribution < 1.29 is 0 Å². The van der Waals surface area contributed by atoms with Crippen molar-refractivity contribution in [2.24, 2.45) is 5.92 Å². The Kier molecular flexibility index (Phi) is 3.27. The van der Waals surface area contributed by atoms with Gasteiger partial charge in [0.1, 0.15) is 0 Å². The molecule has 1 aromatic carbocycles. The van der Waals surface area contributed by atoms with Crippen LogP contribution in [0.1, 0.15) is 24.8 Å². The van der Waals surface area contributed by atoms with Crippen LogP contribution in [0.2, 0.25) is 0 Å². The summed E-state index contributed by atoms with van der Waals surface area (Å²) in [6, 6.07) is 6.09. The third-order valence-corrected chi connectivity index (χ3v) is 4.29. The molecule has 1 heterocycles. The summed E-state index contributed by atoms with van der Waals surface area (Å²) in [5.41, 5.74) is 3.46. The Labute approximate surface area is 120 Å². The number of rotatable bonds is 4. The van der Waals surface area contributed by atoms with E-state index in [4.69, 9.17) is 6.57 Å². The van der Waals surface area contributed by atoms with Crippen LogP contribution in [0.3, 0.4) is 0 Å². The van der Waals surface area contributed by atoms with Gasteiger partial charge < -0.3 is 9.47 Å². The Balaban J connectivity index is 2.01. The Morgan fingerprint density at radius 3 is 2.85 bits per heavy atom. The highest BCUT2D eigenvalue weighted by Crippen LogP contribution is 2.50. The first-order valence-corrected chi connectivity index (χ1v) is 7.29. The zero-order valence-electron chi connectivity index (χ0n) is 12.4. The molecule has 0 N–H and O–H groups in total. The third-order valence-electron chi connectivity index (χ3n) is 4.29. The quantitative estimate of drug-likeness (QED) is 0.766. The van der Waals surface area contributed by atoms with E-state index in [0.29, 0.717) is 5.92 Å². The van der Waals surface area contributed by atoms with Gasteiger partial charge >= 0.3 is 0 Å². The Bertz CT molecular complexity index is 675. The Morgan fingerprint density at radius 2 is 2.20 bits per heavy atom. The molecule has 3 heteroatoms. The maximum absolute atomic E-state index is 7.21. The van der Waals surface area contributed by atoms with Gasteiger partial charge in [0, 0.05) is 24.8 Å². The lowest BCUT2D eigenvalue weighted by Crippen LogP contribution is -2.15. The molecule has 2 atom stereocenters. The van der Waals surface area contributed by atoms with Crippen LogP contribution in [0.25, 0.3) is 15.7 Å². The van der Waals surface area contributed by atoms with Gasteiger partial charge in [-0.3, -0.25) is 0 Å². The van der Waals surface area contributed by atoms with Gasteiger partial charge in [-0.25, -0.2) is 4.85 Å². The summed E-state index contributed by atoms with van der Waals surface area (Å²) in [7, 11) is 4.28. The highest BCUT2D eigenvalue weighted by atomic mass is 15.1. The fraction of sp³-hybridized carbons (Fsp3) is 0.471. The topological polar surface area (TPSA) is 12.5 Å². The minimum Gasteiger partial charge on any atom is -0.348 e. The molecular formula is C17H21N3. The SMILES string of the molecule is [C-]#[N+]c1ccc2c(c1)c([C@H]1C[C@@H]1CN(C)C)cn2CC. The maximum atomic E-state index is 7.21. The molecule has 0 radical (unpaired) electrons. The zero-order chi connectivity index (χ0) is 14.3. The average molecular weight is 267 g/mol. The second-order valence-electron chi connectivity index (χ2n) is 6.05. The van der Waals surface area contributed by atoms with Gasteiger partial charge in [-0.05, 0) is 62.4 Å². The average Bonchev–Trinajstić information content (AvgIpc) is 3.08. The van der Waals surface area contributed by atoms with E-state index in [-0.39, 0.29) is 0 Å². The molecule has 0 saturated heterocycles. The highest BCUT2D eigenvalue weighted by Gasteiger charge is 2.39. The van der Waals surface area contributed by atoms with Crippen LogP contribution in [-0.2, 0) is 6.54 Å². The molecule has 1 aliphatic carbocycles. The van der Waals surface area contributed by atoms with E-state index in [1.165, 1.54) is 22.9 Å². The molecule has 1 aliphatic rings. The van der Waals surface area contributed by atoms with Crippen molar-refractivity contribution >= 4 is 16.6 Å². The first-order chi connectivity index (χ1) is 9.63. The zero-order valence-corrected chi connectivity index (χ0v) is 12.4. The van der Waals surface area contributed by atoms with Gasteiger partial charge in [0.05, 0.1) is 6.57 Å². The van der Waals surface area contributed by atoms with Crippen LogP contribution < -0.4 is 0 Å². The number of nitrogens with zero attached hydrogens (tertiary/aromatic N) is 3. The molecule has 3 nitrogen and oxygen atoms in total. The molecule has 1 fully saturated rings. The first-order valence-electron chi connectivity index (χ1n) is 7.29. The number of aromatic nitrogens is 1. The lowest BCUT2D eigenvalue weighted by molar-refractivity contribution is 0.385. The molecule has 0 bridgehead atoms. The second-order valence-corrected chi connectivity index (χ2v) is 6.05. The van der Waals surface area contributed by atoms with Crippen molar-refractivity contribution in [1.29, 1.82) is 0 Å².